The van der Waals surface area contributed by atoms with Crippen molar-refractivity contribution in [2.75, 3.05) is 11.6 Å². The average molecular weight is 363 g/mol. The van der Waals surface area contributed by atoms with Gasteiger partial charge in [-0.15, -0.1) is 0 Å². The van der Waals surface area contributed by atoms with Crippen molar-refractivity contribution >= 4 is 38.1 Å². The summed E-state index contributed by atoms with van der Waals surface area (Å²) in [6.45, 7) is 1.85. The van der Waals surface area contributed by atoms with Gasteiger partial charge in [0.05, 0.1) is 22.2 Å². The van der Waals surface area contributed by atoms with Crippen LogP contribution in [0.1, 0.15) is 28.4 Å². The number of carbonyl (C=O) groups is 1. The van der Waals surface area contributed by atoms with Crippen molar-refractivity contribution in [3.63, 3.8) is 0 Å². The van der Waals surface area contributed by atoms with Crippen LogP contribution in [0.3, 0.4) is 0 Å². The summed E-state index contributed by atoms with van der Waals surface area (Å²) in [5, 5.41) is 11.2. The topological polar surface area (TPSA) is 87.0 Å². The molecule has 0 aromatic heterocycles. The zero-order valence-electron chi connectivity index (χ0n) is 13.1. The molecule has 0 aliphatic rings. The van der Waals surface area contributed by atoms with Crippen LogP contribution < -0.4 is 5.32 Å². The van der Waals surface area contributed by atoms with Gasteiger partial charge in [-0.3, -0.25) is 4.79 Å². The summed E-state index contributed by atoms with van der Waals surface area (Å²) in [7, 11) is -3.57. The Kier molecular flexibility index (Phi) is 5.27. The Morgan fingerprint density at radius 2 is 1.88 bits per heavy atom. The normalized spacial score (nSPS) is 10.9. The van der Waals surface area contributed by atoms with Crippen LogP contribution in [0.5, 0.6) is 0 Å². The molecule has 2 aromatic carbocycles. The molecule has 0 heterocycles. The first-order chi connectivity index (χ1) is 11.3. The third-order valence-electron chi connectivity index (χ3n) is 3.49. The van der Waals surface area contributed by atoms with E-state index in [1.165, 1.54) is 6.07 Å². The molecule has 0 saturated heterocycles. The van der Waals surface area contributed by atoms with Crippen LogP contribution in [0.2, 0.25) is 0 Å². The Labute approximate surface area is 145 Å². The number of nitriles is 1. The zero-order valence-corrected chi connectivity index (χ0v) is 14.7. The lowest BCUT2D eigenvalue weighted by molar-refractivity contribution is 0.108. The van der Waals surface area contributed by atoms with Crippen molar-refractivity contribution in [2.45, 2.75) is 18.2 Å². The number of aryl methyl sites for hydroxylation is 1. The van der Waals surface area contributed by atoms with Crippen LogP contribution in [0.4, 0.5) is 11.4 Å². The smallest absolute Gasteiger partial charge is 0.252 e. The maximum Gasteiger partial charge on any atom is 0.252 e. The van der Waals surface area contributed by atoms with Crippen molar-refractivity contribution in [1.82, 2.24) is 0 Å². The lowest BCUT2D eigenvalue weighted by Gasteiger charge is -2.15. The monoisotopic (exact) mass is 362 g/mol. The summed E-state index contributed by atoms with van der Waals surface area (Å²) in [5.41, 5.74) is 2.33. The number of carbonyl (C=O) groups excluding carboxylic acids is 1. The number of hydrogen-bond acceptors (Lipinski definition) is 5. The predicted molar refractivity (Wildman–Crippen MR) is 93.6 cm³/mol. The molecule has 0 aliphatic heterocycles. The Morgan fingerprint density at radius 3 is 2.33 bits per heavy atom. The Hall–Kier alpha value is -2.36. The quantitative estimate of drug-likeness (QED) is 0.820. The molecule has 0 fully saturated rings. The fourth-order valence-electron chi connectivity index (χ4n) is 2.29. The molecule has 0 atom stereocenters. The van der Waals surface area contributed by atoms with Gasteiger partial charge in [0.25, 0.3) is 5.24 Å². The number of halogens is 1. The molecule has 1 N–H and O–H groups in total. The summed E-state index contributed by atoms with van der Waals surface area (Å²) in [5.74, 6) is 0. The van der Waals surface area contributed by atoms with E-state index in [0.29, 0.717) is 28.9 Å². The summed E-state index contributed by atoms with van der Waals surface area (Å²) in [4.78, 5) is 11.6. The fourth-order valence-corrected chi connectivity index (χ4v) is 3.31. The second-order valence-corrected chi connectivity index (χ2v) is 7.55. The second kappa shape index (κ2) is 7.04. The SMILES string of the molecule is CCc1cc(Nc2ccc(C#N)cc2)c(S(C)(=O)=O)cc1C(=O)Cl. The van der Waals surface area contributed by atoms with Gasteiger partial charge in [0, 0.05) is 17.5 Å². The predicted octanol–water partition coefficient (Wildman–Crippen LogP) is 3.65. The average Bonchev–Trinajstić information content (AvgIpc) is 2.53. The van der Waals surface area contributed by atoms with Gasteiger partial charge in [0.1, 0.15) is 0 Å². The molecule has 0 unspecified atom stereocenters. The van der Waals surface area contributed by atoms with Gasteiger partial charge in [-0.2, -0.15) is 5.26 Å². The summed E-state index contributed by atoms with van der Waals surface area (Å²) >= 11 is 5.57. The van der Waals surface area contributed by atoms with Crippen LogP contribution in [0.25, 0.3) is 0 Å². The number of nitrogens with zero attached hydrogens (tertiary/aromatic N) is 1. The molecule has 0 amide bonds. The molecule has 2 aromatic rings. The van der Waals surface area contributed by atoms with Gasteiger partial charge in [-0.25, -0.2) is 8.42 Å². The molecule has 2 rings (SSSR count). The molecule has 7 heteroatoms. The van der Waals surface area contributed by atoms with Crippen LogP contribution in [-0.4, -0.2) is 19.9 Å². The van der Waals surface area contributed by atoms with Gasteiger partial charge in [0.2, 0.25) is 0 Å². The molecule has 0 spiro atoms. The number of anilines is 2. The van der Waals surface area contributed by atoms with E-state index in [-0.39, 0.29) is 10.5 Å². The minimum atomic E-state index is -3.57. The number of benzene rings is 2. The first-order valence-corrected chi connectivity index (χ1v) is 9.37. The molecule has 124 valence electrons. The van der Waals surface area contributed by atoms with Crippen LogP contribution in [-0.2, 0) is 16.3 Å². The van der Waals surface area contributed by atoms with E-state index >= 15 is 0 Å². The van der Waals surface area contributed by atoms with Gasteiger partial charge in [-0.1, -0.05) is 6.92 Å². The third kappa shape index (κ3) is 3.94. The van der Waals surface area contributed by atoms with Crippen LogP contribution in [0.15, 0.2) is 41.3 Å². The van der Waals surface area contributed by atoms with Crippen molar-refractivity contribution < 1.29 is 13.2 Å². The maximum absolute atomic E-state index is 12.1. The molecular formula is C17H15ClN2O3S. The van der Waals surface area contributed by atoms with Crippen LogP contribution >= 0.6 is 11.6 Å². The minimum absolute atomic E-state index is 0.00643. The summed E-state index contributed by atoms with van der Waals surface area (Å²) in [6, 6.07) is 11.5. The molecular weight excluding hydrogens is 348 g/mol. The molecule has 0 radical (unpaired) electrons. The molecule has 24 heavy (non-hydrogen) atoms. The van der Waals surface area contributed by atoms with Crippen molar-refractivity contribution in [3.05, 3.63) is 53.1 Å². The largest absolute Gasteiger partial charge is 0.354 e. The van der Waals surface area contributed by atoms with E-state index in [9.17, 15) is 13.2 Å². The molecule has 0 bridgehead atoms. The first kappa shape index (κ1) is 18.0. The van der Waals surface area contributed by atoms with Crippen molar-refractivity contribution in [1.29, 1.82) is 5.26 Å². The summed E-state index contributed by atoms with van der Waals surface area (Å²) in [6.07, 6.45) is 1.60. The molecule has 5 nitrogen and oxygen atoms in total. The Balaban J connectivity index is 2.58. The van der Waals surface area contributed by atoms with E-state index in [2.05, 4.69) is 5.32 Å². The fraction of sp³-hybridized carbons (Fsp3) is 0.176. The lowest BCUT2D eigenvalue weighted by atomic mass is 10.0. The molecule has 0 aliphatic carbocycles. The van der Waals surface area contributed by atoms with E-state index in [1.54, 1.807) is 30.3 Å². The first-order valence-electron chi connectivity index (χ1n) is 7.10. The highest BCUT2D eigenvalue weighted by molar-refractivity contribution is 7.90. The van der Waals surface area contributed by atoms with E-state index < -0.39 is 15.1 Å². The van der Waals surface area contributed by atoms with Gasteiger partial charge in [0.15, 0.2) is 9.84 Å². The number of sulfone groups is 1. The molecule has 0 saturated carbocycles. The second-order valence-electron chi connectivity index (χ2n) is 5.22. The summed E-state index contributed by atoms with van der Waals surface area (Å²) < 4.78 is 24.2. The number of hydrogen-bond donors (Lipinski definition) is 1. The van der Waals surface area contributed by atoms with E-state index in [1.807, 2.05) is 13.0 Å². The van der Waals surface area contributed by atoms with E-state index in [0.717, 1.165) is 6.26 Å². The Bertz CT molecular complexity index is 930. The van der Waals surface area contributed by atoms with Gasteiger partial charge >= 0.3 is 0 Å². The number of rotatable bonds is 5. The maximum atomic E-state index is 12.1. The third-order valence-corrected chi connectivity index (χ3v) is 4.83. The van der Waals surface area contributed by atoms with E-state index in [4.69, 9.17) is 16.9 Å². The minimum Gasteiger partial charge on any atom is -0.354 e. The van der Waals surface area contributed by atoms with Crippen molar-refractivity contribution in [3.8, 4) is 6.07 Å². The Morgan fingerprint density at radius 1 is 1.25 bits per heavy atom. The van der Waals surface area contributed by atoms with Gasteiger partial charge in [-0.05, 0) is 60.0 Å². The highest BCUT2D eigenvalue weighted by Gasteiger charge is 2.19. The van der Waals surface area contributed by atoms with Crippen LogP contribution in [0, 0.1) is 11.3 Å². The standard InChI is InChI=1S/C17H15ClN2O3S/c1-3-12-8-15(20-13-6-4-11(10-19)5-7-13)16(24(2,22)23)9-14(12)17(18)21/h4-9,20H,3H2,1-2H3. The highest BCUT2D eigenvalue weighted by atomic mass is 35.5. The van der Waals surface area contributed by atoms with Crippen molar-refractivity contribution in [2.24, 2.45) is 0 Å². The number of nitrogens with one attached hydrogen (secondary N) is 1. The zero-order chi connectivity index (χ0) is 17.9. The van der Waals surface area contributed by atoms with Gasteiger partial charge < -0.3 is 5.32 Å². The highest BCUT2D eigenvalue weighted by Crippen LogP contribution is 2.30. The lowest BCUT2D eigenvalue weighted by Crippen LogP contribution is -2.07.